The molecule has 0 spiro atoms. The molecule has 0 aliphatic heterocycles. The number of nitrogens with zero attached hydrogens (tertiary/aromatic N) is 2. The fourth-order valence-electron chi connectivity index (χ4n) is 2.27. The van der Waals surface area contributed by atoms with Crippen molar-refractivity contribution in [3.63, 3.8) is 0 Å². The maximum absolute atomic E-state index is 13.8. The van der Waals surface area contributed by atoms with Crippen LogP contribution in [0.1, 0.15) is 29.7 Å². The molecular formula is C18H19F2IN4. The maximum Gasteiger partial charge on any atom is 0.191 e. The van der Waals surface area contributed by atoms with Gasteiger partial charge in [-0.1, -0.05) is 18.2 Å². The van der Waals surface area contributed by atoms with E-state index in [9.17, 15) is 8.78 Å². The number of nitrogens with one attached hydrogen (secondary N) is 2. The molecule has 0 amide bonds. The molecule has 0 aliphatic rings. The van der Waals surface area contributed by atoms with Gasteiger partial charge >= 0.3 is 0 Å². The zero-order valence-corrected chi connectivity index (χ0v) is 16.2. The number of guanidine groups is 1. The number of hydrogen-bond donors (Lipinski definition) is 2. The number of halogens is 3. The Balaban J connectivity index is 0.00000312. The second kappa shape index (κ2) is 9.93. The molecule has 25 heavy (non-hydrogen) atoms. The standard InChI is InChI=1S/C18H18F2N4.HI/c1-12(16-7-6-15(19)9-17(16)20)24-18(22-2)23-11-14-5-3-4-13(8-14)10-21;/h3-9,12H,11H2,1-2H3,(H2,22,23,24);1H. The highest BCUT2D eigenvalue weighted by molar-refractivity contribution is 14.0. The molecule has 2 aromatic rings. The Bertz CT molecular complexity index is 787. The predicted molar refractivity (Wildman–Crippen MR) is 105 cm³/mol. The van der Waals surface area contributed by atoms with Crippen molar-refractivity contribution in [3.8, 4) is 6.07 Å². The molecule has 0 aliphatic carbocycles. The quantitative estimate of drug-likeness (QED) is 0.417. The van der Waals surface area contributed by atoms with Crippen molar-refractivity contribution in [2.45, 2.75) is 19.5 Å². The molecule has 2 aromatic carbocycles. The lowest BCUT2D eigenvalue weighted by atomic mass is 10.1. The van der Waals surface area contributed by atoms with E-state index >= 15 is 0 Å². The summed E-state index contributed by atoms with van der Waals surface area (Å²) >= 11 is 0. The highest BCUT2D eigenvalue weighted by atomic mass is 127. The van der Waals surface area contributed by atoms with E-state index in [-0.39, 0.29) is 30.0 Å². The molecule has 2 N–H and O–H groups in total. The minimum atomic E-state index is -0.608. The average Bonchev–Trinajstić information content (AvgIpc) is 2.58. The summed E-state index contributed by atoms with van der Waals surface area (Å²) in [6.07, 6.45) is 0. The summed E-state index contributed by atoms with van der Waals surface area (Å²) < 4.78 is 26.8. The van der Waals surface area contributed by atoms with Gasteiger partial charge in [-0.25, -0.2) is 8.78 Å². The molecule has 0 heterocycles. The Morgan fingerprint density at radius 1 is 1.24 bits per heavy atom. The molecule has 0 saturated heterocycles. The lowest BCUT2D eigenvalue weighted by molar-refractivity contribution is 0.550. The summed E-state index contributed by atoms with van der Waals surface area (Å²) in [7, 11) is 1.61. The first-order valence-electron chi connectivity index (χ1n) is 7.44. The highest BCUT2D eigenvalue weighted by Crippen LogP contribution is 2.17. The molecule has 0 saturated carbocycles. The van der Waals surface area contributed by atoms with Crippen molar-refractivity contribution in [1.82, 2.24) is 10.6 Å². The van der Waals surface area contributed by atoms with Gasteiger partial charge in [0.1, 0.15) is 11.6 Å². The minimum Gasteiger partial charge on any atom is -0.352 e. The van der Waals surface area contributed by atoms with E-state index in [4.69, 9.17) is 5.26 Å². The first kappa shape index (κ1) is 20.8. The summed E-state index contributed by atoms with van der Waals surface area (Å²) in [5, 5.41) is 15.1. The van der Waals surface area contributed by atoms with Crippen molar-refractivity contribution in [2.75, 3.05) is 7.05 Å². The van der Waals surface area contributed by atoms with Crippen molar-refractivity contribution >= 4 is 29.9 Å². The van der Waals surface area contributed by atoms with Crippen molar-refractivity contribution < 1.29 is 8.78 Å². The van der Waals surface area contributed by atoms with Crippen LogP contribution in [0.2, 0.25) is 0 Å². The monoisotopic (exact) mass is 456 g/mol. The third-order valence-electron chi connectivity index (χ3n) is 3.52. The van der Waals surface area contributed by atoms with Crippen molar-refractivity contribution in [3.05, 3.63) is 70.8 Å². The third-order valence-corrected chi connectivity index (χ3v) is 3.52. The zero-order valence-electron chi connectivity index (χ0n) is 13.9. The Labute approximate surface area is 163 Å². The Kier molecular flexibility index (Phi) is 8.28. The van der Waals surface area contributed by atoms with Gasteiger partial charge in [-0.2, -0.15) is 5.26 Å². The fraction of sp³-hybridized carbons (Fsp3) is 0.222. The van der Waals surface area contributed by atoms with Crippen LogP contribution in [-0.2, 0) is 6.54 Å². The van der Waals surface area contributed by atoms with E-state index in [0.29, 0.717) is 23.6 Å². The zero-order chi connectivity index (χ0) is 17.5. The number of hydrogen-bond acceptors (Lipinski definition) is 2. The summed E-state index contributed by atoms with van der Waals surface area (Å²) in [5.41, 5.74) is 1.86. The third kappa shape index (κ3) is 5.98. The molecule has 1 atom stereocenters. The number of nitriles is 1. The molecule has 0 bridgehead atoms. The van der Waals surface area contributed by atoms with Gasteiger partial charge in [-0.05, 0) is 30.7 Å². The van der Waals surface area contributed by atoms with E-state index in [1.54, 1.807) is 26.1 Å². The molecule has 132 valence electrons. The van der Waals surface area contributed by atoms with Crippen LogP contribution >= 0.6 is 24.0 Å². The van der Waals surface area contributed by atoms with E-state index in [1.807, 2.05) is 12.1 Å². The van der Waals surface area contributed by atoms with Gasteiger partial charge in [0.25, 0.3) is 0 Å². The summed E-state index contributed by atoms with van der Waals surface area (Å²) in [4.78, 5) is 4.09. The van der Waals surface area contributed by atoms with E-state index in [0.717, 1.165) is 11.6 Å². The number of benzene rings is 2. The SMILES string of the molecule is CN=C(NCc1cccc(C#N)c1)NC(C)c1ccc(F)cc1F.I. The average molecular weight is 456 g/mol. The first-order valence-corrected chi connectivity index (χ1v) is 7.44. The van der Waals surface area contributed by atoms with Crippen LogP contribution < -0.4 is 10.6 Å². The van der Waals surface area contributed by atoms with Crippen molar-refractivity contribution in [1.29, 1.82) is 5.26 Å². The second-order valence-electron chi connectivity index (χ2n) is 5.27. The number of rotatable bonds is 4. The fourth-order valence-corrected chi connectivity index (χ4v) is 2.27. The van der Waals surface area contributed by atoms with Crippen LogP contribution in [0, 0.1) is 23.0 Å². The second-order valence-corrected chi connectivity index (χ2v) is 5.27. The van der Waals surface area contributed by atoms with Crippen LogP contribution in [0.3, 0.4) is 0 Å². The molecule has 4 nitrogen and oxygen atoms in total. The van der Waals surface area contributed by atoms with Crippen LogP contribution in [0.15, 0.2) is 47.5 Å². The smallest absolute Gasteiger partial charge is 0.191 e. The van der Waals surface area contributed by atoms with E-state index in [2.05, 4.69) is 21.7 Å². The Morgan fingerprint density at radius 3 is 2.64 bits per heavy atom. The van der Waals surface area contributed by atoms with Gasteiger partial charge in [-0.15, -0.1) is 24.0 Å². The Morgan fingerprint density at radius 2 is 2.00 bits per heavy atom. The summed E-state index contributed by atoms with van der Waals surface area (Å²) in [6.45, 7) is 2.23. The normalized spacial score (nSPS) is 11.9. The van der Waals surface area contributed by atoms with Crippen LogP contribution in [-0.4, -0.2) is 13.0 Å². The lowest BCUT2D eigenvalue weighted by Crippen LogP contribution is -2.38. The lowest BCUT2D eigenvalue weighted by Gasteiger charge is -2.19. The van der Waals surface area contributed by atoms with E-state index in [1.165, 1.54) is 12.1 Å². The van der Waals surface area contributed by atoms with Gasteiger partial charge in [0.05, 0.1) is 17.7 Å². The summed E-state index contributed by atoms with van der Waals surface area (Å²) in [6, 6.07) is 12.4. The van der Waals surface area contributed by atoms with E-state index < -0.39 is 11.6 Å². The van der Waals surface area contributed by atoms with Gasteiger partial charge in [-0.3, -0.25) is 4.99 Å². The van der Waals surface area contributed by atoms with Crippen molar-refractivity contribution in [2.24, 2.45) is 4.99 Å². The number of aliphatic imine (C=N–C) groups is 1. The minimum absolute atomic E-state index is 0. The largest absolute Gasteiger partial charge is 0.352 e. The van der Waals surface area contributed by atoms with Gasteiger partial charge < -0.3 is 10.6 Å². The first-order chi connectivity index (χ1) is 11.5. The van der Waals surface area contributed by atoms with Crippen LogP contribution in [0.25, 0.3) is 0 Å². The Hall–Kier alpha value is -2.21. The van der Waals surface area contributed by atoms with Crippen LogP contribution in [0.5, 0.6) is 0 Å². The molecule has 2 rings (SSSR count). The summed E-state index contributed by atoms with van der Waals surface area (Å²) in [5.74, 6) is -0.732. The molecule has 0 aromatic heterocycles. The molecule has 0 fully saturated rings. The molecule has 1 unspecified atom stereocenters. The molecular weight excluding hydrogens is 437 g/mol. The predicted octanol–water partition coefficient (Wildman–Crippen LogP) is 3.88. The molecule has 7 heteroatoms. The topological polar surface area (TPSA) is 60.2 Å². The maximum atomic E-state index is 13.8. The van der Waals surface area contributed by atoms with Gasteiger partial charge in [0, 0.05) is 25.2 Å². The molecule has 0 radical (unpaired) electrons. The van der Waals surface area contributed by atoms with Gasteiger partial charge in [0.2, 0.25) is 0 Å². The highest BCUT2D eigenvalue weighted by Gasteiger charge is 2.13. The van der Waals surface area contributed by atoms with Crippen LogP contribution in [0.4, 0.5) is 8.78 Å². The van der Waals surface area contributed by atoms with Gasteiger partial charge in [0.15, 0.2) is 5.96 Å².